The minimum atomic E-state index is -0.424. The Morgan fingerprint density at radius 2 is 1.42 bits per heavy atom. The Bertz CT molecular complexity index is 1570. The number of carbonyl (C=O) groups is 2. The summed E-state index contributed by atoms with van der Waals surface area (Å²) in [6.45, 7) is -0.154. The van der Waals surface area contributed by atoms with Gasteiger partial charge in [0.05, 0.1) is 11.8 Å². The van der Waals surface area contributed by atoms with Crippen molar-refractivity contribution < 1.29 is 19.1 Å². The molecule has 5 aromatic carbocycles. The number of benzene rings is 5. The third kappa shape index (κ3) is 5.39. The fraction of sp³-hybridized carbons (Fsp3) is 0.0333. The van der Waals surface area contributed by atoms with Crippen LogP contribution in [-0.2, 0) is 4.79 Å². The molecule has 0 saturated heterocycles. The second-order valence-electron chi connectivity index (χ2n) is 8.08. The van der Waals surface area contributed by atoms with Crippen LogP contribution in [0.25, 0.3) is 21.5 Å². The molecule has 1 amide bonds. The number of hydrogen-bond acceptors (Lipinski definition) is 5. The van der Waals surface area contributed by atoms with E-state index in [-0.39, 0.29) is 12.5 Å². The monoisotopic (exact) mass is 474 g/mol. The molecule has 0 saturated carbocycles. The zero-order valence-corrected chi connectivity index (χ0v) is 19.3. The normalized spacial score (nSPS) is 11.0. The number of hydrazone groups is 1. The molecule has 0 spiro atoms. The molecule has 0 bridgehead atoms. The minimum Gasteiger partial charge on any atom is -0.484 e. The molecule has 0 aliphatic rings. The summed E-state index contributed by atoms with van der Waals surface area (Å²) in [6, 6.07) is 33.6. The lowest BCUT2D eigenvalue weighted by Crippen LogP contribution is -2.24. The van der Waals surface area contributed by atoms with Gasteiger partial charge in [-0.1, -0.05) is 66.7 Å². The van der Waals surface area contributed by atoms with Gasteiger partial charge in [0, 0.05) is 0 Å². The SMILES string of the molecule is O=C(COc1ccc2ccccc2c1)NN=Cc1ccc(OC(=O)c2cccc3ccccc23)cc1. The average Bonchev–Trinajstić information content (AvgIpc) is 2.92. The van der Waals surface area contributed by atoms with Crippen LogP contribution < -0.4 is 14.9 Å². The quantitative estimate of drug-likeness (QED) is 0.141. The number of esters is 1. The first-order valence-electron chi connectivity index (χ1n) is 11.4. The van der Waals surface area contributed by atoms with E-state index in [1.54, 1.807) is 30.3 Å². The number of hydrogen-bond donors (Lipinski definition) is 1. The van der Waals surface area contributed by atoms with Crippen molar-refractivity contribution >= 4 is 39.6 Å². The fourth-order valence-electron chi connectivity index (χ4n) is 3.80. The lowest BCUT2D eigenvalue weighted by molar-refractivity contribution is -0.123. The molecule has 5 rings (SSSR count). The van der Waals surface area contributed by atoms with Gasteiger partial charge in [-0.15, -0.1) is 0 Å². The van der Waals surface area contributed by atoms with Gasteiger partial charge in [0.15, 0.2) is 6.61 Å². The van der Waals surface area contributed by atoms with Crippen LogP contribution >= 0.6 is 0 Å². The molecule has 5 aromatic rings. The first-order valence-corrected chi connectivity index (χ1v) is 11.4. The van der Waals surface area contributed by atoms with Crippen molar-refractivity contribution in [1.29, 1.82) is 0 Å². The molecule has 36 heavy (non-hydrogen) atoms. The number of amides is 1. The van der Waals surface area contributed by atoms with E-state index in [4.69, 9.17) is 9.47 Å². The molecular formula is C30H22N2O4. The van der Waals surface area contributed by atoms with Crippen molar-refractivity contribution in [3.8, 4) is 11.5 Å². The van der Waals surface area contributed by atoms with Gasteiger partial charge in [-0.2, -0.15) is 5.10 Å². The van der Waals surface area contributed by atoms with Crippen molar-refractivity contribution in [1.82, 2.24) is 5.43 Å². The van der Waals surface area contributed by atoms with E-state index in [0.717, 1.165) is 27.1 Å². The minimum absolute atomic E-state index is 0.154. The van der Waals surface area contributed by atoms with Crippen molar-refractivity contribution in [3.05, 3.63) is 120 Å². The van der Waals surface area contributed by atoms with Gasteiger partial charge in [-0.3, -0.25) is 4.79 Å². The van der Waals surface area contributed by atoms with Gasteiger partial charge in [-0.05, 0) is 69.6 Å². The zero-order valence-electron chi connectivity index (χ0n) is 19.3. The highest BCUT2D eigenvalue weighted by Crippen LogP contribution is 2.22. The van der Waals surface area contributed by atoms with Crippen LogP contribution in [0.3, 0.4) is 0 Å². The van der Waals surface area contributed by atoms with E-state index in [1.807, 2.05) is 78.9 Å². The first kappa shape index (κ1) is 22.8. The summed E-state index contributed by atoms with van der Waals surface area (Å²) in [5.41, 5.74) is 3.68. The van der Waals surface area contributed by atoms with Gasteiger partial charge < -0.3 is 9.47 Å². The fourth-order valence-corrected chi connectivity index (χ4v) is 3.80. The van der Waals surface area contributed by atoms with E-state index in [2.05, 4.69) is 10.5 Å². The Morgan fingerprint density at radius 3 is 2.25 bits per heavy atom. The predicted molar refractivity (Wildman–Crippen MR) is 141 cm³/mol. The van der Waals surface area contributed by atoms with Gasteiger partial charge in [-0.25, -0.2) is 10.2 Å². The lowest BCUT2D eigenvalue weighted by Gasteiger charge is -2.07. The first-order chi connectivity index (χ1) is 17.7. The Labute approximate surface area is 207 Å². The van der Waals surface area contributed by atoms with Crippen LogP contribution in [0.2, 0.25) is 0 Å². The van der Waals surface area contributed by atoms with Crippen LogP contribution in [0, 0.1) is 0 Å². The van der Waals surface area contributed by atoms with Crippen LogP contribution in [-0.4, -0.2) is 24.7 Å². The molecule has 0 unspecified atom stereocenters. The molecular weight excluding hydrogens is 452 g/mol. The molecule has 0 aliphatic carbocycles. The summed E-state index contributed by atoms with van der Waals surface area (Å²) >= 11 is 0. The third-order valence-electron chi connectivity index (χ3n) is 5.59. The van der Waals surface area contributed by atoms with E-state index >= 15 is 0 Å². The number of nitrogens with one attached hydrogen (secondary N) is 1. The van der Waals surface area contributed by atoms with Crippen molar-refractivity contribution in [2.45, 2.75) is 0 Å². The number of fused-ring (bicyclic) bond motifs is 2. The summed E-state index contributed by atoms with van der Waals surface area (Å²) in [5.74, 6) is 0.228. The van der Waals surface area contributed by atoms with E-state index in [9.17, 15) is 9.59 Å². The molecule has 0 atom stereocenters. The molecule has 1 N–H and O–H groups in total. The second-order valence-corrected chi connectivity index (χ2v) is 8.08. The van der Waals surface area contributed by atoms with Gasteiger partial charge in [0.1, 0.15) is 11.5 Å². The Hall–Kier alpha value is -4.97. The van der Waals surface area contributed by atoms with Gasteiger partial charge >= 0.3 is 5.97 Å². The average molecular weight is 475 g/mol. The summed E-state index contributed by atoms with van der Waals surface area (Å²) in [5, 5.41) is 7.93. The number of ether oxygens (including phenoxy) is 2. The predicted octanol–water partition coefficient (Wildman–Crippen LogP) is 5.74. The van der Waals surface area contributed by atoms with E-state index in [0.29, 0.717) is 17.1 Å². The smallest absolute Gasteiger partial charge is 0.344 e. The Morgan fingerprint density at radius 1 is 0.722 bits per heavy atom. The Kier molecular flexibility index (Phi) is 6.67. The molecule has 0 radical (unpaired) electrons. The molecule has 176 valence electrons. The highest BCUT2D eigenvalue weighted by Gasteiger charge is 2.12. The van der Waals surface area contributed by atoms with Crippen molar-refractivity contribution in [2.75, 3.05) is 6.61 Å². The van der Waals surface area contributed by atoms with Crippen LogP contribution in [0.15, 0.2) is 114 Å². The summed E-state index contributed by atoms with van der Waals surface area (Å²) in [4.78, 5) is 24.7. The highest BCUT2D eigenvalue weighted by atomic mass is 16.5. The van der Waals surface area contributed by atoms with E-state index in [1.165, 1.54) is 6.21 Å². The molecule has 0 aliphatic heterocycles. The largest absolute Gasteiger partial charge is 0.484 e. The second kappa shape index (κ2) is 10.5. The summed E-state index contributed by atoms with van der Waals surface area (Å²) in [7, 11) is 0. The molecule has 6 heteroatoms. The molecule has 0 aromatic heterocycles. The zero-order chi connectivity index (χ0) is 24.7. The maximum Gasteiger partial charge on any atom is 0.344 e. The Balaban J connectivity index is 1.13. The van der Waals surface area contributed by atoms with Crippen molar-refractivity contribution in [2.24, 2.45) is 5.10 Å². The number of rotatable bonds is 7. The lowest BCUT2D eigenvalue weighted by atomic mass is 10.0. The molecule has 0 fully saturated rings. The van der Waals surface area contributed by atoms with Crippen LogP contribution in [0.1, 0.15) is 15.9 Å². The maximum atomic E-state index is 12.7. The topological polar surface area (TPSA) is 77.0 Å². The van der Waals surface area contributed by atoms with Gasteiger partial charge in [0.2, 0.25) is 0 Å². The standard InChI is InChI=1S/C30H22N2O4/c33-29(20-35-26-17-14-22-6-1-2-8-24(22)18-26)32-31-19-21-12-15-25(16-13-21)36-30(34)28-11-5-9-23-7-3-4-10-27(23)28/h1-19H,20H2,(H,32,33). The van der Waals surface area contributed by atoms with Crippen LogP contribution in [0.5, 0.6) is 11.5 Å². The summed E-state index contributed by atoms with van der Waals surface area (Å²) < 4.78 is 11.1. The molecule has 6 nitrogen and oxygen atoms in total. The number of carbonyl (C=O) groups excluding carboxylic acids is 2. The number of nitrogens with zero attached hydrogens (tertiary/aromatic N) is 1. The van der Waals surface area contributed by atoms with Crippen molar-refractivity contribution in [3.63, 3.8) is 0 Å². The highest BCUT2D eigenvalue weighted by molar-refractivity contribution is 6.05. The summed E-state index contributed by atoms with van der Waals surface area (Å²) in [6.07, 6.45) is 1.50. The van der Waals surface area contributed by atoms with Crippen LogP contribution in [0.4, 0.5) is 0 Å². The molecule has 0 heterocycles. The third-order valence-corrected chi connectivity index (χ3v) is 5.59. The van der Waals surface area contributed by atoms with E-state index < -0.39 is 5.97 Å². The maximum absolute atomic E-state index is 12.7. The van der Waals surface area contributed by atoms with Gasteiger partial charge in [0.25, 0.3) is 5.91 Å².